The van der Waals surface area contributed by atoms with Crippen LogP contribution in [0.15, 0.2) is 30.3 Å². The number of carbonyl (C=O) groups excluding carboxylic acids is 1. The number of morpholine rings is 1. The van der Waals surface area contributed by atoms with Gasteiger partial charge in [0.2, 0.25) is 0 Å². The van der Waals surface area contributed by atoms with Crippen LogP contribution in [-0.2, 0) is 4.74 Å². The molecule has 0 aliphatic carbocycles. The Balaban J connectivity index is 1.59. The van der Waals surface area contributed by atoms with Gasteiger partial charge in [-0.05, 0) is 33.0 Å². The summed E-state index contributed by atoms with van der Waals surface area (Å²) < 4.78 is 5.45. The zero-order valence-electron chi connectivity index (χ0n) is 15.7. The van der Waals surface area contributed by atoms with Crippen LogP contribution in [0.2, 0.25) is 0 Å². The largest absolute Gasteiger partial charge is 0.378 e. The van der Waals surface area contributed by atoms with Gasteiger partial charge in [0.1, 0.15) is 4.88 Å². The smallest absolute Gasteiger partial charge is 0.263 e. The highest BCUT2D eigenvalue weighted by Crippen LogP contribution is 2.33. The molecule has 2 aliphatic heterocycles. The standard InChI is InChI=1S/C20H26N4O2S/c1-23-9-7-16(8-10-23)21-19(25)18-17(15-5-3-2-4-6-15)22-20(27-18)24-11-13-26-14-12-24/h2-6,16H,7-14H2,1H3,(H,21,25). The first-order valence-electron chi connectivity index (χ1n) is 9.59. The zero-order valence-corrected chi connectivity index (χ0v) is 16.5. The molecule has 1 aromatic carbocycles. The Hall–Kier alpha value is -1.96. The van der Waals surface area contributed by atoms with Gasteiger partial charge >= 0.3 is 0 Å². The van der Waals surface area contributed by atoms with E-state index >= 15 is 0 Å². The molecular formula is C20H26N4O2S. The molecule has 2 fully saturated rings. The summed E-state index contributed by atoms with van der Waals surface area (Å²) in [5, 5.41) is 4.15. The van der Waals surface area contributed by atoms with Crippen LogP contribution in [0.5, 0.6) is 0 Å². The normalized spacial score (nSPS) is 19.2. The Bertz CT molecular complexity index is 766. The van der Waals surface area contributed by atoms with Gasteiger partial charge in [-0.2, -0.15) is 0 Å². The summed E-state index contributed by atoms with van der Waals surface area (Å²) >= 11 is 1.49. The first-order valence-corrected chi connectivity index (χ1v) is 10.4. The highest BCUT2D eigenvalue weighted by Gasteiger charge is 2.26. The van der Waals surface area contributed by atoms with Crippen molar-refractivity contribution >= 4 is 22.4 Å². The van der Waals surface area contributed by atoms with E-state index in [2.05, 4.69) is 22.2 Å². The molecule has 27 heavy (non-hydrogen) atoms. The van der Waals surface area contributed by atoms with E-state index in [-0.39, 0.29) is 11.9 Å². The maximum absolute atomic E-state index is 13.1. The highest BCUT2D eigenvalue weighted by molar-refractivity contribution is 7.18. The number of rotatable bonds is 4. The molecule has 2 aliphatic rings. The number of benzene rings is 1. The zero-order chi connectivity index (χ0) is 18.6. The lowest BCUT2D eigenvalue weighted by Crippen LogP contribution is -2.43. The van der Waals surface area contributed by atoms with Gasteiger partial charge < -0.3 is 19.9 Å². The third-order valence-corrected chi connectivity index (χ3v) is 6.32. The van der Waals surface area contributed by atoms with Gasteiger partial charge in [0.25, 0.3) is 5.91 Å². The molecule has 0 saturated carbocycles. The lowest BCUT2D eigenvalue weighted by Gasteiger charge is -2.29. The molecular weight excluding hydrogens is 360 g/mol. The molecule has 0 radical (unpaired) electrons. The number of thiazole rings is 1. The summed E-state index contributed by atoms with van der Waals surface area (Å²) in [5.41, 5.74) is 1.77. The van der Waals surface area contributed by atoms with E-state index in [1.165, 1.54) is 11.3 Å². The van der Waals surface area contributed by atoms with Crippen LogP contribution >= 0.6 is 11.3 Å². The molecule has 6 nitrogen and oxygen atoms in total. The second-order valence-electron chi connectivity index (χ2n) is 7.19. The first kappa shape index (κ1) is 18.4. The van der Waals surface area contributed by atoms with Crippen molar-refractivity contribution < 1.29 is 9.53 Å². The van der Waals surface area contributed by atoms with Gasteiger partial charge in [0.05, 0.1) is 18.9 Å². The van der Waals surface area contributed by atoms with E-state index in [4.69, 9.17) is 9.72 Å². The average molecular weight is 387 g/mol. The molecule has 0 unspecified atom stereocenters. The van der Waals surface area contributed by atoms with E-state index in [1.807, 2.05) is 30.3 Å². The van der Waals surface area contributed by atoms with Crippen LogP contribution in [-0.4, -0.2) is 68.3 Å². The number of hydrogen-bond donors (Lipinski definition) is 1. The minimum absolute atomic E-state index is 0.000385. The molecule has 2 aromatic rings. The van der Waals surface area contributed by atoms with Crippen LogP contribution in [0.3, 0.4) is 0 Å². The van der Waals surface area contributed by atoms with Crippen molar-refractivity contribution in [3.05, 3.63) is 35.2 Å². The van der Waals surface area contributed by atoms with Crippen LogP contribution < -0.4 is 10.2 Å². The van der Waals surface area contributed by atoms with E-state index in [1.54, 1.807) is 0 Å². The number of nitrogens with one attached hydrogen (secondary N) is 1. The summed E-state index contributed by atoms with van der Waals surface area (Å²) in [6, 6.07) is 10.2. The monoisotopic (exact) mass is 386 g/mol. The van der Waals surface area contributed by atoms with Gasteiger partial charge in [-0.1, -0.05) is 41.7 Å². The number of piperidine rings is 1. The molecule has 0 bridgehead atoms. The van der Waals surface area contributed by atoms with Gasteiger partial charge in [-0.15, -0.1) is 0 Å². The molecule has 0 spiro atoms. The predicted octanol–water partition coefficient (Wildman–Crippen LogP) is 2.47. The van der Waals surface area contributed by atoms with E-state index in [9.17, 15) is 4.79 Å². The van der Waals surface area contributed by atoms with Crippen molar-refractivity contribution in [2.75, 3.05) is 51.3 Å². The maximum atomic E-state index is 13.1. The minimum atomic E-state index is 0.000385. The average Bonchev–Trinajstić information content (AvgIpc) is 3.17. The fraction of sp³-hybridized carbons (Fsp3) is 0.500. The number of amides is 1. The van der Waals surface area contributed by atoms with Crippen molar-refractivity contribution in [1.29, 1.82) is 0 Å². The van der Waals surface area contributed by atoms with E-state index in [0.717, 1.165) is 55.4 Å². The first-order chi connectivity index (χ1) is 13.2. The van der Waals surface area contributed by atoms with Gasteiger partial charge in [-0.25, -0.2) is 4.98 Å². The Labute approximate surface area is 164 Å². The maximum Gasteiger partial charge on any atom is 0.263 e. The van der Waals surface area contributed by atoms with Crippen molar-refractivity contribution in [3.8, 4) is 11.3 Å². The van der Waals surface area contributed by atoms with Gasteiger partial charge in [0, 0.05) is 24.7 Å². The third-order valence-electron chi connectivity index (χ3n) is 5.20. The Morgan fingerprint density at radius 3 is 2.56 bits per heavy atom. The SMILES string of the molecule is CN1CCC(NC(=O)c2sc(N3CCOCC3)nc2-c2ccccc2)CC1. The Morgan fingerprint density at radius 2 is 1.85 bits per heavy atom. The van der Waals surface area contributed by atoms with Crippen molar-refractivity contribution in [1.82, 2.24) is 15.2 Å². The van der Waals surface area contributed by atoms with E-state index in [0.29, 0.717) is 18.1 Å². The van der Waals surface area contributed by atoms with E-state index < -0.39 is 0 Å². The molecule has 144 valence electrons. The summed E-state index contributed by atoms with van der Waals surface area (Å²) in [7, 11) is 2.13. The van der Waals surface area contributed by atoms with Crippen LogP contribution in [0.1, 0.15) is 22.5 Å². The van der Waals surface area contributed by atoms with Crippen LogP contribution in [0.4, 0.5) is 5.13 Å². The Kier molecular flexibility index (Phi) is 5.71. The summed E-state index contributed by atoms with van der Waals surface area (Å²) in [6.07, 6.45) is 2.00. The van der Waals surface area contributed by atoms with Gasteiger partial charge in [0.15, 0.2) is 5.13 Å². The number of carbonyl (C=O) groups is 1. The van der Waals surface area contributed by atoms with Crippen LogP contribution in [0.25, 0.3) is 11.3 Å². The number of likely N-dealkylation sites (tertiary alicyclic amines) is 1. The van der Waals surface area contributed by atoms with Crippen molar-refractivity contribution in [3.63, 3.8) is 0 Å². The number of aromatic nitrogens is 1. The van der Waals surface area contributed by atoms with Gasteiger partial charge in [-0.3, -0.25) is 4.79 Å². The molecule has 0 atom stereocenters. The minimum Gasteiger partial charge on any atom is -0.378 e. The quantitative estimate of drug-likeness (QED) is 0.875. The molecule has 2 saturated heterocycles. The molecule has 1 N–H and O–H groups in total. The molecule has 1 amide bonds. The molecule has 1 aromatic heterocycles. The summed E-state index contributed by atoms with van der Waals surface area (Å²) in [6.45, 7) is 5.10. The second-order valence-corrected chi connectivity index (χ2v) is 8.17. The number of ether oxygens (including phenoxy) is 1. The Morgan fingerprint density at radius 1 is 1.15 bits per heavy atom. The number of nitrogens with zero attached hydrogens (tertiary/aromatic N) is 3. The fourth-order valence-corrected chi connectivity index (χ4v) is 4.59. The lowest BCUT2D eigenvalue weighted by molar-refractivity contribution is 0.0921. The fourth-order valence-electron chi connectivity index (χ4n) is 3.55. The predicted molar refractivity (Wildman–Crippen MR) is 109 cm³/mol. The number of hydrogen-bond acceptors (Lipinski definition) is 6. The molecule has 7 heteroatoms. The summed E-state index contributed by atoms with van der Waals surface area (Å²) in [5.74, 6) is 0.000385. The van der Waals surface area contributed by atoms with Crippen molar-refractivity contribution in [2.45, 2.75) is 18.9 Å². The highest BCUT2D eigenvalue weighted by atomic mass is 32.1. The number of anilines is 1. The third kappa shape index (κ3) is 4.31. The van der Waals surface area contributed by atoms with Crippen LogP contribution in [0, 0.1) is 0 Å². The lowest BCUT2D eigenvalue weighted by atomic mass is 10.1. The topological polar surface area (TPSA) is 57.7 Å². The molecule has 4 rings (SSSR count). The van der Waals surface area contributed by atoms with Crippen molar-refractivity contribution in [2.24, 2.45) is 0 Å². The molecule has 3 heterocycles. The second kappa shape index (κ2) is 8.37. The summed E-state index contributed by atoms with van der Waals surface area (Å²) in [4.78, 5) is 23.2.